The van der Waals surface area contributed by atoms with Gasteiger partial charge >= 0.3 is 0 Å². The van der Waals surface area contributed by atoms with E-state index in [9.17, 15) is 4.79 Å². The standard InChI is InChI=1S/C11H22N2O2/c1-5-7(12)10(14)13-8-6-9(15-4)11(8,2)3/h7-9H,5-6,12H2,1-4H3,(H,13,14)/t7-,8?,9?/m1/s1. The van der Waals surface area contributed by atoms with Crippen molar-refractivity contribution in [2.24, 2.45) is 11.1 Å². The highest BCUT2D eigenvalue weighted by molar-refractivity contribution is 5.81. The molecule has 1 fully saturated rings. The number of ether oxygens (including phenoxy) is 1. The molecule has 1 rings (SSSR count). The summed E-state index contributed by atoms with van der Waals surface area (Å²) in [6, 6.07) is -0.199. The van der Waals surface area contributed by atoms with Gasteiger partial charge in [0.1, 0.15) is 0 Å². The van der Waals surface area contributed by atoms with Crippen molar-refractivity contribution in [1.82, 2.24) is 5.32 Å². The van der Waals surface area contributed by atoms with E-state index >= 15 is 0 Å². The minimum atomic E-state index is -0.387. The lowest BCUT2D eigenvalue weighted by molar-refractivity contribution is -0.133. The molecule has 0 radical (unpaired) electrons. The highest BCUT2D eigenvalue weighted by atomic mass is 16.5. The molecule has 88 valence electrons. The quantitative estimate of drug-likeness (QED) is 0.722. The Bertz CT molecular complexity index is 241. The second-order valence-electron chi connectivity index (χ2n) is 4.86. The van der Waals surface area contributed by atoms with Gasteiger partial charge in [-0.15, -0.1) is 0 Å². The van der Waals surface area contributed by atoms with Gasteiger partial charge in [0, 0.05) is 18.6 Å². The molecule has 0 aromatic carbocycles. The first-order valence-electron chi connectivity index (χ1n) is 5.52. The summed E-state index contributed by atoms with van der Waals surface area (Å²) < 4.78 is 5.32. The van der Waals surface area contributed by atoms with Crippen molar-refractivity contribution < 1.29 is 9.53 Å². The number of amides is 1. The third-order valence-electron chi connectivity index (χ3n) is 3.56. The molecule has 1 aliphatic carbocycles. The molecule has 3 atom stereocenters. The Balaban J connectivity index is 2.46. The highest BCUT2D eigenvalue weighted by Gasteiger charge is 2.49. The van der Waals surface area contributed by atoms with Gasteiger partial charge in [-0.2, -0.15) is 0 Å². The summed E-state index contributed by atoms with van der Waals surface area (Å²) in [4.78, 5) is 11.6. The molecule has 4 nitrogen and oxygen atoms in total. The molecule has 3 N–H and O–H groups in total. The number of carbonyl (C=O) groups is 1. The SMILES string of the molecule is CC[C@@H](N)C(=O)NC1CC(OC)C1(C)C. The van der Waals surface area contributed by atoms with Crippen LogP contribution in [0.5, 0.6) is 0 Å². The Labute approximate surface area is 91.5 Å². The van der Waals surface area contributed by atoms with Crippen LogP contribution in [0.2, 0.25) is 0 Å². The van der Waals surface area contributed by atoms with E-state index in [2.05, 4.69) is 19.2 Å². The molecule has 1 aliphatic rings. The Morgan fingerprint density at radius 1 is 1.67 bits per heavy atom. The Hall–Kier alpha value is -0.610. The van der Waals surface area contributed by atoms with Crippen LogP contribution in [0, 0.1) is 5.41 Å². The lowest BCUT2D eigenvalue weighted by atomic mass is 9.64. The van der Waals surface area contributed by atoms with Crippen molar-refractivity contribution in [3.8, 4) is 0 Å². The lowest BCUT2D eigenvalue weighted by Crippen LogP contribution is -2.63. The van der Waals surface area contributed by atoms with Crippen LogP contribution < -0.4 is 11.1 Å². The topological polar surface area (TPSA) is 64.4 Å². The first kappa shape index (κ1) is 12.5. The zero-order chi connectivity index (χ0) is 11.6. The van der Waals surface area contributed by atoms with Gasteiger partial charge in [0.15, 0.2) is 0 Å². The molecule has 0 bridgehead atoms. The van der Waals surface area contributed by atoms with Crippen LogP contribution in [0.15, 0.2) is 0 Å². The third kappa shape index (κ3) is 2.32. The second-order valence-corrected chi connectivity index (χ2v) is 4.86. The minimum absolute atomic E-state index is 0.0118. The largest absolute Gasteiger partial charge is 0.381 e. The van der Waals surface area contributed by atoms with Gasteiger partial charge in [-0.25, -0.2) is 0 Å². The van der Waals surface area contributed by atoms with Crippen molar-refractivity contribution in [1.29, 1.82) is 0 Å². The van der Waals surface area contributed by atoms with E-state index in [1.807, 2.05) is 6.92 Å². The molecular formula is C11H22N2O2. The summed E-state index contributed by atoms with van der Waals surface area (Å²) in [5.41, 5.74) is 5.67. The van der Waals surface area contributed by atoms with E-state index in [-0.39, 0.29) is 29.5 Å². The summed E-state index contributed by atoms with van der Waals surface area (Å²) in [5.74, 6) is -0.0508. The summed E-state index contributed by atoms with van der Waals surface area (Å²) >= 11 is 0. The van der Waals surface area contributed by atoms with E-state index < -0.39 is 0 Å². The number of hydrogen-bond acceptors (Lipinski definition) is 3. The molecule has 0 saturated heterocycles. The van der Waals surface area contributed by atoms with Crippen LogP contribution in [0.25, 0.3) is 0 Å². The fourth-order valence-electron chi connectivity index (χ4n) is 1.99. The van der Waals surface area contributed by atoms with Gasteiger partial charge in [0.05, 0.1) is 12.1 Å². The number of methoxy groups -OCH3 is 1. The maximum absolute atomic E-state index is 11.6. The number of nitrogens with one attached hydrogen (secondary N) is 1. The summed E-state index contributed by atoms with van der Waals surface area (Å²) in [5, 5.41) is 2.98. The molecular weight excluding hydrogens is 192 g/mol. The van der Waals surface area contributed by atoms with Gasteiger partial charge in [-0.3, -0.25) is 4.79 Å². The van der Waals surface area contributed by atoms with Gasteiger partial charge in [0.25, 0.3) is 0 Å². The molecule has 2 unspecified atom stereocenters. The normalized spacial score (nSPS) is 30.5. The average molecular weight is 214 g/mol. The average Bonchev–Trinajstić information content (AvgIpc) is 2.21. The van der Waals surface area contributed by atoms with E-state index in [0.29, 0.717) is 6.42 Å². The van der Waals surface area contributed by atoms with Crippen LogP contribution in [-0.2, 0) is 9.53 Å². The van der Waals surface area contributed by atoms with Crippen molar-refractivity contribution in [2.45, 2.75) is 51.8 Å². The molecule has 0 aliphatic heterocycles. The van der Waals surface area contributed by atoms with E-state index in [1.54, 1.807) is 7.11 Å². The lowest BCUT2D eigenvalue weighted by Gasteiger charge is -2.51. The molecule has 0 heterocycles. The van der Waals surface area contributed by atoms with E-state index in [0.717, 1.165) is 6.42 Å². The molecule has 0 spiro atoms. The fraction of sp³-hybridized carbons (Fsp3) is 0.909. The molecule has 1 amide bonds. The van der Waals surface area contributed by atoms with Crippen LogP contribution >= 0.6 is 0 Å². The van der Waals surface area contributed by atoms with Gasteiger partial charge < -0.3 is 15.8 Å². The van der Waals surface area contributed by atoms with Crippen molar-refractivity contribution in [3.63, 3.8) is 0 Å². The third-order valence-corrected chi connectivity index (χ3v) is 3.56. The number of nitrogens with two attached hydrogens (primary N) is 1. The maximum Gasteiger partial charge on any atom is 0.237 e. The Morgan fingerprint density at radius 3 is 2.67 bits per heavy atom. The van der Waals surface area contributed by atoms with E-state index in [4.69, 9.17) is 10.5 Å². The maximum atomic E-state index is 11.6. The van der Waals surface area contributed by atoms with Crippen LogP contribution in [-0.4, -0.2) is 31.2 Å². The van der Waals surface area contributed by atoms with E-state index in [1.165, 1.54) is 0 Å². The summed E-state index contributed by atoms with van der Waals surface area (Å²) in [6.45, 7) is 6.12. The Morgan fingerprint density at radius 2 is 2.27 bits per heavy atom. The monoisotopic (exact) mass is 214 g/mol. The molecule has 15 heavy (non-hydrogen) atoms. The van der Waals surface area contributed by atoms with Crippen molar-refractivity contribution in [2.75, 3.05) is 7.11 Å². The molecule has 4 heteroatoms. The molecule has 0 aromatic heterocycles. The second kappa shape index (κ2) is 4.49. The first-order valence-corrected chi connectivity index (χ1v) is 5.52. The predicted molar refractivity (Wildman–Crippen MR) is 59.4 cm³/mol. The zero-order valence-corrected chi connectivity index (χ0v) is 10.0. The number of carbonyl (C=O) groups excluding carboxylic acids is 1. The van der Waals surface area contributed by atoms with Crippen LogP contribution in [0.4, 0.5) is 0 Å². The highest BCUT2D eigenvalue weighted by Crippen LogP contribution is 2.42. The summed E-state index contributed by atoms with van der Waals surface area (Å²) in [7, 11) is 1.71. The Kier molecular flexibility index (Phi) is 3.73. The van der Waals surface area contributed by atoms with Gasteiger partial charge in [-0.05, 0) is 12.8 Å². The van der Waals surface area contributed by atoms with Crippen molar-refractivity contribution in [3.05, 3.63) is 0 Å². The van der Waals surface area contributed by atoms with Gasteiger partial charge in [-0.1, -0.05) is 20.8 Å². The molecule has 0 aromatic rings. The molecule has 1 saturated carbocycles. The van der Waals surface area contributed by atoms with Crippen LogP contribution in [0.1, 0.15) is 33.6 Å². The minimum Gasteiger partial charge on any atom is -0.381 e. The predicted octanol–water partition coefficient (Wildman–Crippen LogP) is 0.653. The number of rotatable bonds is 4. The van der Waals surface area contributed by atoms with Crippen molar-refractivity contribution >= 4 is 5.91 Å². The smallest absolute Gasteiger partial charge is 0.237 e. The van der Waals surface area contributed by atoms with Crippen LogP contribution in [0.3, 0.4) is 0 Å². The van der Waals surface area contributed by atoms with Gasteiger partial charge in [0.2, 0.25) is 5.91 Å². The summed E-state index contributed by atoms with van der Waals surface area (Å²) in [6.07, 6.45) is 1.79. The fourth-order valence-corrected chi connectivity index (χ4v) is 1.99. The zero-order valence-electron chi connectivity index (χ0n) is 10.0. The number of hydrogen-bond donors (Lipinski definition) is 2. The first-order chi connectivity index (χ1) is 6.93.